The SMILES string of the molecule is O=C(Cn1c2c(c(-c3ccccc3)cc1=O)CCCC2)NC1CC1. The highest BCUT2D eigenvalue weighted by Crippen LogP contribution is 2.30. The number of hydrogen-bond donors (Lipinski definition) is 1. The van der Waals surface area contributed by atoms with E-state index in [0.717, 1.165) is 55.3 Å². The summed E-state index contributed by atoms with van der Waals surface area (Å²) >= 11 is 0. The van der Waals surface area contributed by atoms with Crippen molar-refractivity contribution >= 4 is 5.91 Å². The Labute approximate surface area is 141 Å². The van der Waals surface area contributed by atoms with Gasteiger partial charge in [0, 0.05) is 17.8 Å². The second-order valence-electron chi connectivity index (χ2n) is 6.82. The van der Waals surface area contributed by atoms with E-state index in [4.69, 9.17) is 0 Å². The number of nitrogens with one attached hydrogen (secondary N) is 1. The fourth-order valence-corrected chi connectivity index (χ4v) is 3.59. The zero-order valence-electron chi connectivity index (χ0n) is 13.8. The minimum Gasteiger partial charge on any atom is -0.352 e. The molecule has 1 saturated carbocycles. The number of aromatic nitrogens is 1. The first-order valence-corrected chi connectivity index (χ1v) is 8.83. The lowest BCUT2D eigenvalue weighted by Gasteiger charge is -2.24. The Balaban J connectivity index is 1.75. The van der Waals surface area contributed by atoms with Crippen LogP contribution in [-0.2, 0) is 24.2 Å². The summed E-state index contributed by atoms with van der Waals surface area (Å²) in [5.41, 5.74) is 4.35. The third-order valence-corrected chi connectivity index (χ3v) is 4.95. The van der Waals surface area contributed by atoms with Gasteiger partial charge in [-0.15, -0.1) is 0 Å². The van der Waals surface area contributed by atoms with Crippen LogP contribution in [0.5, 0.6) is 0 Å². The molecule has 124 valence electrons. The fourth-order valence-electron chi connectivity index (χ4n) is 3.59. The number of benzene rings is 1. The third kappa shape index (κ3) is 3.01. The monoisotopic (exact) mass is 322 g/mol. The minimum atomic E-state index is -0.0690. The summed E-state index contributed by atoms with van der Waals surface area (Å²) in [5.74, 6) is -0.0418. The van der Waals surface area contributed by atoms with E-state index in [1.165, 1.54) is 5.56 Å². The van der Waals surface area contributed by atoms with Crippen molar-refractivity contribution in [3.05, 3.63) is 58.0 Å². The minimum absolute atomic E-state index is 0.0418. The van der Waals surface area contributed by atoms with Gasteiger partial charge in [0.15, 0.2) is 0 Å². The highest BCUT2D eigenvalue weighted by Gasteiger charge is 2.25. The van der Waals surface area contributed by atoms with E-state index in [1.54, 1.807) is 10.6 Å². The van der Waals surface area contributed by atoms with E-state index in [9.17, 15) is 9.59 Å². The van der Waals surface area contributed by atoms with Crippen LogP contribution >= 0.6 is 0 Å². The van der Waals surface area contributed by atoms with Crippen molar-refractivity contribution in [3.63, 3.8) is 0 Å². The van der Waals surface area contributed by atoms with Gasteiger partial charge in [-0.3, -0.25) is 9.59 Å². The summed E-state index contributed by atoms with van der Waals surface area (Å²) in [5, 5.41) is 2.98. The van der Waals surface area contributed by atoms with Crippen LogP contribution in [0.2, 0.25) is 0 Å². The fraction of sp³-hybridized carbons (Fsp3) is 0.400. The lowest BCUT2D eigenvalue weighted by molar-refractivity contribution is -0.121. The number of amides is 1. The summed E-state index contributed by atoms with van der Waals surface area (Å²) in [6, 6.07) is 12.1. The number of rotatable bonds is 4. The molecule has 0 aliphatic heterocycles. The molecule has 1 heterocycles. The van der Waals surface area contributed by atoms with Crippen molar-refractivity contribution in [2.24, 2.45) is 0 Å². The molecule has 24 heavy (non-hydrogen) atoms. The molecule has 0 unspecified atom stereocenters. The molecular weight excluding hydrogens is 300 g/mol. The average molecular weight is 322 g/mol. The first-order chi connectivity index (χ1) is 11.7. The number of hydrogen-bond acceptors (Lipinski definition) is 2. The van der Waals surface area contributed by atoms with Gasteiger partial charge in [-0.05, 0) is 55.2 Å². The van der Waals surface area contributed by atoms with Crippen molar-refractivity contribution in [2.45, 2.75) is 51.1 Å². The molecule has 4 nitrogen and oxygen atoms in total. The van der Waals surface area contributed by atoms with Gasteiger partial charge in [0.25, 0.3) is 5.56 Å². The van der Waals surface area contributed by atoms with Crippen LogP contribution in [0.25, 0.3) is 11.1 Å². The second kappa shape index (κ2) is 6.27. The maximum Gasteiger partial charge on any atom is 0.251 e. The van der Waals surface area contributed by atoms with E-state index >= 15 is 0 Å². The van der Waals surface area contributed by atoms with Gasteiger partial charge in [-0.25, -0.2) is 0 Å². The zero-order valence-corrected chi connectivity index (χ0v) is 13.8. The first kappa shape index (κ1) is 15.2. The van der Waals surface area contributed by atoms with E-state index in [0.29, 0.717) is 6.04 Å². The Bertz CT molecular complexity index is 820. The summed E-state index contributed by atoms with van der Waals surface area (Å²) in [4.78, 5) is 24.9. The molecule has 1 aromatic heterocycles. The smallest absolute Gasteiger partial charge is 0.251 e. The third-order valence-electron chi connectivity index (χ3n) is 4.95. The Morgan fingerprint density at radius 3 is 2.62 bits per heavy atom. The van der Waals surface area contributed by atoms with Crippen LogP contribution < -0.4 is 10.9 Å². The number of carbonyl (C=O) groups is 1. The normalized spacial score (nSPS) is 16.5. The van der Waals surface area contributed by atoms with Gasteiger partial charge in [0.1, 0.15) is 6.54 Å². The molecule has 1 N–H and O–H groups in total. The standard InChI is InChI=1S/C20H22N2O2/c23-19(21-15-10-11-15)13-22-18-9-5-4-8-16(18)17(12-20(22)24)14-6-2-1-3-7-14/h1-3,6-7,12,15H,4-5,8-11,13H2,(H,21,23). The number of pyridine rings is 1. The number of nitrogens with zero attached hydrogens (tertiary/aromatic N) is 1. The maximum absolute atomic E-state index is 12.7. The van der Waals surface area contributed by atoms with Gasteiger partial charge in [-0.2, -0.15) is 0 Å². The molecule has 2 aliphatic carbocycles. The Morgan fingerprint density at radius 2 is 1.88 bits per heavy atom. The highest BCUT2D eigenvalue weighted by atomic mass is 16.2. The lowest BCUT2D eigenvalue weighted by atomic mass is 9.89. The lowest BCUT2D eigenvalue weighted by Crippen LogP contribution is -2.36. The van der Waals surface area contributed by atoms with Crippen LogP contribution in [0.4, 0.5) is 0 Å². The summed E-state index contributed by atoms with van der Waals surface area (Å²) in [6.45, 7) is 0.146. The van der Waals surface area contributed by atoms with Crippen molar-refractivity contribution < 1.29 is 4.79 Å². The quantitative estimate of drug-likeness (QED) is 0.941. The Kier molecular flexibility index (Phi) is 3.97. The van der Waals surface area contributed by atoms with E-state index in [1.807, 2.05) is 30.3 Å². The van der Waals surface area contributed by atoms with Gasteiger partial charge in [0.05, 0.1) is 0 Å². The largest absolute Gasteiger partial charge is 0.352 e. The van der Waals surface area contributed by atoms with Crippen molar-refractivity contribution in [1.29, 1.82) is 0 Å². The van der Waals surface area contributed by atoms with Crippen LogP contribution in [-0.4, -0.2) is 16.5 Å². The molecule has 2 aromatic rings. The Morgan fingerprint density at radius 1 is 1.12 bits per heavy atom. The molecule has 1 amide bonds. The molecule has 0 spiro atoms. The van der Waals surface area contributed by atoms with Crippen LogP contribution in [0.1, 0.15) is 36.9 Å². The topological polar surface area (TPSA) is 51.1 Å². The molecule has 1 aromatic carbocycles. The molecule has 4 heteroatoms. The summed E-state index contributed by atoms with van der Waals surface area (Å²) in [7, 11) is 0. The van der Waals surface area contributed by atoms with E-state index < -0.39 is 0 Å². The molecule has 0 saturated heterocycles. The second-order valence-corrected chi connectivity index (χ2v) is 6.82. The first-order valence-electron chi connectivity index (χ1n) is 8.83. The highest BCUT2D eigenvalue weighted by molar-refractivity contribution is 5.77. The Hall–Kier alpha value is -2.36. The molecule has 0 bridgehead atoms. The molecule has 0 radical (unpaired) electrons. The average Bonchev–Trinajstić information content (AvgIpc) is 3.42. The van der Waals surface area contributed by atoms with Gasteiger partial charge >= 0.3 is 0 Å². The van der Waals surface area contributed by atoms with Crippen molar-refractivity contribution in [2.75, 3.05) is 0 Å². The molecule has 4 rings (SSSR count). The predicted octanol–water partition coefficient (Wildman–Crippen LogP) is 2.67. The molecule has 0 atom stereocenters. The number of carbonyl (C=O) groups excluding carboxylic acids is 1. The van der Waals surface area contributed by atoms with Crippen molar-refractivity contribution in [1.82, 2.24) is 9.88 Å². The van der Waals surface area contributed by atoms with Gasteiger partial charge in [-0.1, -0.05) is 30.3 Å². The molecular formula is C20H22N2O2. The van der Waals surface area contributed by atoms with Crippen LogP contribution in [0, 0.1) is 0 Å². The van der Waals surface area contributed by atoms with Crippen LogP contribution in [0.15, 0.2) is 41.2 Å². The van der Waals surface area contributed by atoms with E-state index in [2.05, 4.69) is 5.32 Å². The zero-order chi connectivity index (χ0) is 16.5. The molecule has 2 aliphatic rings. The van der Waals surface area contributed by atoms with Gasteiger partial charge in [0.2, 0.25) is 5.91 Å². The predicted molar refractivity (Wildman–Crippen MR) is 93.9 cm³/mol. The summed E-state index contributed by atoms with van der Waals surface area (Å²) in [6.07, 6.45) is 6.19. The maximum atomic E-state index is 12.7. The van der Waals surface area contributed by atoms with E-state index in [-0.39, 0.29) is 18.0 Å². The number of fused-ring (bicyclic) bond motifs is 1. The van der Waals surface area contributed by atoms with Crippen LogP contribution in [0.3, 0.4) is 0 Å². The van der Waals surface area contributed by atoms with Crippen molar-refractivity contribution in [3.8, 4) is 11.1 Å². The summed E-state index contributed by atoms with van der Waals surface area (Å²) < 4.78 is 1.69. The van der Waals surface area contributed by atoms with Gasteiger partial charge < -0.3 is 9.88 Å². The molecule has 1 fully saturated rings.